The van der Waals surface area contributed by atoms with Gasteiger partial charge in [0.15, 0.2) is 0 Å². The average molecular weight is 168 g/mol. The molecule has 0 spiro atoms. The van der Waals surface area contributed by atoms with Crippen LogP contribution in [0.1, 0.15) is 32.6 Å². The molecule has 0 saturated heterocycles. The average Bonchev–Trinajstić information content (AvgIpc) is 2.07. The van der Waals surface area contributed by atoms with Crippen molar-refractivity contribution in [2.45, 2.75) is 32.6 Å². The number of hydrogen-bond acceptors (Lipinski definition) is 1. The first-order chi connectivity index (χ1) is 5.43. The minimum Gasteiger partial charge on any atom is -0.127 e. The van der Waals surface area contributed by atoms with Crippen molar-refractivity contribution < 1.29 is 0 Å². The summed E-state index contributed by atoms with van der Waals surface area (Å²) < 4.78 is 0. The molecule has 0 N–H and O–H groups in total. The highest BCUT2D eigenvalue weighted by Crippen LogP contribution is 2.22. The van der Waals surface area contributed by atoms with Crippen LogP contribution < -0.4 is 0 Å². The predicted molar refractivity (Wildman–Crippen MR) is 53.8 cm³/mol. The molecular weight excluding hydrogens is 152 g/mol. The summed E-state index contributed by atoms with van der Waals surface area (Å²) >= 11 is 2.00. The molecule has 1 heteroatoms. The van der Waals surface area contributed by atoms with Crippen molar-refractivity contribution in [3.8, 4) is 0 Å². The van der Waals surface area contributed by atoms with Gasteiger partial charge in [-0.1, -0.05) is 31.6 Å². The molecule has 0 aromatic rings. The topological polar surface area (TPSA) is 0 Å². The van der Waals surface area contributed by atoms with Crippen molar-refractivity contribution in [1.29, 1.82) is 0 Å². The van der Waals surface area contributed by atoms with E-state index in [4.69, 9.17) is 0 Å². The zero-order chi connectivity index (χ0) is 7.94. The third-order valence-electron chi connectivity index (χ3n) is 1.73. The van der Waals surface area contributed by atoms with Gasteiger partial charge in [-0.25, -0.2) is 0 Å². The minimum absolute atomic E-state index is 1.23. The highest BCUT2D eigenvalue weighted by molar-refractivity contribution is 8.03. The Balaban J connectivity index is 2.15. The molecule has 11 heavy (non-hydrogen) atoms. The fraction of sp³-hybridized carbons (Fsp3) is 0.600. The van der Waals surface area contributed by atoms with Gasteiger partial charge in [0.2, 0.25) is 0 Å². The van der Waals surface area contributed by atoms with Crippen molar-refractivity contribution in [1.82, 2.24) is 0 Å². The summed E-state index contributed by atoms with van der Waals surface area (Å²) in [6.07, 6.45) is 12.0. The van der Waals surface area contributed by atoms with Crippen molar-refractivity contribution in [2.75, 3.05) is 5.75 Å². The van der Waals surface area contributed by atoms with Gasteiger partial charge >= 0.3 is 0 Å². The smallest absolute Gasteiger partial charge is 0.00289 e. The first-order valence-electron chi connectivity index (χ1n) is 4.43. The van der Waals surface area contributed by atoms with Crippen molar-refractivity contribution in [2.24, 2.45) is 0 Å². The van der Waals surface area contributed by atoms with Crippen molar-refractivity contribution in [3.05, 3.63) is 23.1 Å². The zero-order valence-corrected chi connectivity index (χ0v) is 7.99. The third-order valence-corrected chi connectivity index (χ3v) is 2.86. The lowest BCUT2D eigenvalue weighted by Gasteiger charge is -2.04. The molecule has 1 aliphatic rings. The van der Waals surface area contributed by atoms with Gasteiger partial charge in [-0.05, 0) is 25.0 Å². The standard InChI is InChI=1S/C10H16S/c1-2-3-9-11-10-7-5-4-6-8-10/h5,7-8H,2-4,6,9H2,1H3. The van der Waals surface area contributed by atoms with E-state index in [1.165, 1.54) is 36.3 Å². The molecule has 0 aromatic carbocycles. The molecule has 62 valence electrons. The van der Waals surface area contributed by atoms with E-state index >= 15 is 0 Å². The summed E-state index contributed by atoms with van der Waals surface area (Å²) in [4.78, 5) is 1.48. The van der Waals surface area contributed by atoms with Crippen LogP contribution in [0.4, 0.5) is 0 Å². The van der Waals surface area contributed by atoms with Gasteiger partial charge in [0.05, 0.1) is 0 Å². The SMILES string of the molecule is CCCCSC1=CCCC=C1. The number of allylic oxidation sites excluding steroid dienone is 3. The lowest BCUT2D eigenvalue weighted by molar-refractivity contribution is 0.897. The molecule has 0 radical (unpaired) electrons. The zero-order valence-electron chi connectivity index (χ0n) is 7.18. The van der Waals surface area contributed by atoms with Crippen molar-refractivity contribution in [3.63, 3.8) is 0 Å². The molecule has 0 aromatic heterocycles. The van der Waals surface area contributed by atoms with Crippen LogP contribution in [0.2, 0.25) is 0 Å². The van der Waals surface area contributed by atoms with Gasteiger partial charge in [-0.3, -0.25) is 0 Å². The van der Waals surface area contributed by atoms with E-state index in [0.29, 0.717) is 0 Å². The summed E-state index contributed by atoms with van der Waals surface area (Å²) in [5.74, 6) is 1.28. The Morgan fingerprint density at radius 3 is 3.00 bits per heavy atom. The first kappa shape index (κ1) is 8.92. The third kappa shape index (κ3) is 3.66. The fourth-order valence-electron chi connectivity index (χ4n) is 1.03. The molecule has 0 unspecified atom stereocenters. The Hall–Kier alpha value is -0.170. The maximum atomic E-state index is 2.35. The number of unbranched alkanes of at least 4 members (excludes halogenated alkanes) is 1. The lowest BCUT2D eigenvalue weighted by atomic mass is 10.2. The largest absolute Gasteiger partial charge is 0.127 e. The summed E-state index contributed by atoms with van der Waals surface area (Å²) in [6, 6.07) is 0. The number of rotatable bonds is 4. The van der Waals surface area contributed by atoms with Gasteiger partial charge in [0, 0.05) is 4.91 Å². The normalized spacial score (nSPS) is 16.6. The Labute approximate surface area is 73.8 Å². The van der Waals surface area contributed by atoms with Gasteiger partial charge in [0.25, 0.3) is 0 Å². The molecule has 0 atom stereocenters. The van der Waals surface area contributed by atoms with Crippen LogP contribution in [-0.4, -0.2) is 5.75 Å². The highest BCUT2D eigenvalue weighted by atomic mass is 32.2. The second-order valence-corrected chi connectivity index (χ2v) is 3.96. The Bertz CT molecular complexity index is 156. The van der Waals surface area contributed by atoms with E-state index in [1.807, 2.05) is 11.8 Å². The molecular formula is C10H16S. The fourth-order valence-corrected chi connectivity index (χ4v) is 2.13. The van der Waals surface area contributed by atoms with Crippen LogP contribution in [0.3, 0.4) is 0 Å². The first-order valence-corrected chi connectivity index (χ1v) is 5.41. The Morgan fingerprint density at radius 1 is 1.45 bits per heavy atom. The molecule has 0 bridgehead atoms. The van der Waals surface area contributed by atoms with Crippen LogP contribution in [0.15, 0.2) is 23.1 Å². The summed E-state index contributed by atoms with van der Waals surface area (Å²) in [7, 11) is 0. The van der Waals surface area contributed by atoms with E-state index in [1.54, 1.807) is 0 Å². The van der Waals surface area contributed by atoms with E-state index in [2.05, 4.69) is 25.2 Å². The van der Waals surface area contributed by atoms with Gasteiger partial charge in [-0.15, -0.1) is 11.8 Å². The second kappa shape index (κ2) is 5.48. The molecule has 1 aliphatic carbocycles. The van der Waals surface area contributed by atoms with Crippen LogP contribution in [0.5, 0.6) is 0 Å². The van der Waals surface area contributed by atoms with E-state index < -0.39 is 0 Å². The van der Waals surface area contributed by atoms with E-state index in [0.717, 1.165) is 0 Å². The Kier molecular flexibility index (Phi) is 4.44. The summed E-state index contributed by atoms with van der Waals surface area (Å²) in [6.45, 7) is 2.24. The highest BCUT2D eigenvalue weighted by Gasteiger charge is 1.96. The second-order valence-electron chi connectivity index (χ2n) is 2.79. The van der Waals surface area contributed by atoms with Gasteiger partial charge in [0.1, 0.15) is 0 Å². The summed E-state index contributed by atoms with van der Waals surface area (Å²) in [5.41, 5.74) is 0. The minimum atomic E-state index is 1.23. The lowest BCUT2D eigenvalue weighted by Crippen LogP contribution is -1.82. The molecule has 0 aliphatic heterocycles. The van der Waals surface area contributed by atoms with Crippen LogP contribution in [0.25, 0.3) is 0 Å². The van der Waals surface area contributed by atoms with Crippen LogP contribution in [0, 0.1) is 0 Å². The van der Waals surface area contributed by atoms with Crippen LogP contribution in [-0.2, 0) is 0 Å². The molecule has 0 saturated carbocycles. The van der Waals surface area contributed by atoms with E-state index in [-0.39, 0.29) is 0 Å². The van der Waals surface area contributed by atoms with Crippen LogP contribution >= 0.6 is 11.8 Å². The number of thioether (sulfide) groups is 1. The molecule has 0 heterocycles. The Morgan fingerprint density at radius 2 is 2.36 bits per heavy atom. The molecule has 1 rings (SSSR count). The molecule has 0 amide bonds. The molecule has 0 nitrogen and oxygen atoms in total. The van der Waals surface area contributed by atoms with Gasteiger partial charge < -0.3 is 0 Å². The predicted octanol–water partition coefficient (Wildman–Crippen LogP) is 3.75. The monoisotopic (exact) mass is 168 g/mol. The van der Waals surface area contributed by atoms with Crippen molar-refractivity contribution >= 4 is 11.8 Å². The maximum Gasteiger partial charge on any atom is 0.00289 e. The summed E-state index contributed by atoms with van der Waals surface area (Å²) in [5, 5.41) is 0. The van der Waals surface area contributed by atoms with Gasteiger partial charge in [-0.2, -0.15) is 0 Å². The number of hydrogen-bond donors (Lipinski definition) is 0. The quantitative estimate of drug-likeness (QED) is 0.576. The van der Waals surface area contributed by atoms with E-state index in [9.17, 15) is 0 Å². The molecule has 0 fully saturated rings. The maximum absolute atomic E-state index is 2.35.